The van der Waals surface area contributed by atoms with E-state index in [4.69, 9.17) is 4.74 Å². The Morgan fingerprint density at radius 2 is 2.10 bits per heavy atom. The summed E-state index contributed by atoms with van der Waals surface area (Å²) in [5, 5.41) is 23.3. The zero-order chi connectivity index (χ0) is 20.2. The molecular weight excluding hydrogens is 368 g/mol. The van der Waals surface area contributed by atoms with Gasteiger partial charge < -0.3 is 20.1 Å². The number of aryl methyl sites for hydroxylation is 1. The summed E-state index contributed by atoms with van der Waals surface area (Å²) < 4.78 is 6.00. The lowest BCUT2D eigenvalue weighted by molar-refractivity contribution is -0.177. The maximum absolute atomic E-state index is 12.8. The molecule has 2 heterocycles. The van der Waals surface area contributed by atoms with Crippen LogP contribution in [-0.2, 0) is 4.74 Å². The fraction of sp³-hybridized carbons (Fsp3) is 0.682. The summed E-state index contributed by atoms with van der Waals surface area (Å²) in [5.74, 6) is 1.80. The minimum atomic E-state index is -0.513. The van der Waals surface area contributed by atoms with Crippen LogP contribution in [0.1, 0.15) is 49.8 Å². The summed E-state index contributed by atoms with van der Waals surface area (Å²) in [6.07, 6.45) is 5.16. The van der Waals surface area contributed by atoms with Crippen molar-refractivity contribution in [2.45, 2.75) is 63.2 Å². The van der Waals surface area contributed by atoms with E-state index in [2.05, 4.69) is 16.4 Å². The summed E-state index contributed by atoms with van der Waals surface area (Å²) in [7, 11) is 0. The van der Waals surface area contributed by atoms with Gasteiger partial charge in [0.05, 0.1) is 11.2 Å². The standard InChI is InChI=1S/C22H28N4O3/c1-13-2-3-15(11-23)20(24-13)25-18-4-5-26(12-18)21(27)29-19-16-6-14-7-17(19)10-22(28,8-14)9-16/h2-3,14,16-19,28H,4-10,12H2,1H3,(H,24,25). The van der Waals surface area contributed by atoms with Gasteiger partial charge in [-0.2, -0.15) is 5.26 Å². The van der Waals surface area contributed by atoms with Crippen LogP contribution in [-0.4, -0.2) is 51.9 Å². The monoisotopic (exact) mass is 396 g/mol. The highest BCUT2D eigenvalue weighted by Gasteiger charge is 2.56. The molecule has 0 radical (unpaired) electrons. The zero-order valence-electron chi connectivity index (χ0n) is 16.8. The highest BCUT2D eigenvalue weighted by Crippen LogP contribution is 2.56. The van der Waals surface area contributed by atoms with Gasteiger partial charge in [-0.15, -0.1) is 0 Å². The van der Waals surface area contributed by atoms with E-state index in [0.29, 0.717) is 42.2 Å². The van der Waals surface area contributed by atoms with Crippen molar-refractivity contribution in [3.8, 4) is 6.07 Å². The number of pyridine rings is 1. The van der Waals surface area contributed by atoms with Crippen LogP contribution in [0.25, 0.3) is 0 Å². The van der Waals surface area contributed by atoms with Gasteiger partial charge in [-0.3, -0.25) is 0 Å². The van der Waals surface area contributed by atoms with Gasteiger partial charge >= 0.3 is 6.09 Å². The van der Waals surface area contributed by atoms with Crippen LogP contribution in [0.5, 0.6) is 0 Å². The topological polar surface area (TPSA) is 98.5 Å². The lowest BCUT2D eigenvalue weighted by Gasteiger charge is -2.57. The third-order valence-electron chi connectivity index (χ3n) is 7.33. The van der Waals surface area contributed by atoms with E-state index in [1.54, 1.807) is 11.0 Å². The number of rotatable bonds is 3. The zero-order valence-corrected chi connectivity index (χ0v) is 16.8. The third-order valence-corrected chi connectivity index (χ3v) is 7.33. The maximum atomic E-state index is 12.8. The van der Waals surface area contributed by atoms with Gasteiger partial charge in [0.1, 0.15) is 18.0 Å². The Balaban J connectivity index is 1.20. The van der Waals surface area contributed by atoms with Crippen LogP contribution in [0, 0.1) is 36.0 Å². The van der Waals surface area contributed by atoms with Gasteiger partial charge in [0.15, 0.2) is 0 Å². The quantitative estimate of drug-likeness (QED) is 0.815. The molecule has 0 spiro atoms. The predicted octanol–water partition coefficient (Wildman–Crippen LogP) is 2.82. The van der Waals surface area contributed by atoms with Crippen LogP contribution in [0.3, 0.4) is 0 Å². The Bertz CT molecular complexity index is 850. The van der Waals surface area contributed by atoms with Crippen LogP contribution >= 0.6 is 0 Å². The second kappa shape index (κ2) is 6.88. The maximum Gasteiger partial charge on any atom is 0.410 e. The number of carbonyl (C=O) groups excluding carboxylic acids is 1. The number of carbonyl (C=O) groups is 1. The molecule has 29 heavy (non-hydrogen) atoms. The number of nitrogens with one attached hydrogen (secondary N) is 1. The minimum Gasteiger partial charge on any atom is -0.446 e. The van der Waals surface area contributed by atoms with E-state index >= 15 is 0 Å². The number of nitriles is 1. The molecule has 1 saturated heterocycles. The summed E-state index contributed by atoms with van der Waals surface area (Å²) in [6.45, 7) is 3.08. The Kier molecular flexibility index (Phi) is 4.43. The molecule has 4 saturated carbocycles. The normalized spacial score (nSPS) is 37.4. The average molecular weight is 396 g/mol. The second-order valence-electron chi connectivity index (χ2n) is 9.58. The smallest absolute Gasteiger partial charge is 0.410 e. The highest BCUT2D eigenvalue weighted by atomic mass is 16.6. The Morgan fingerprint density at radius 3 is 2.79 bits per heavy atom. The van der Waals surface area contributed by atoms with E-state index in [1.165, 1.54) is 0 Å². The number of hydrogen-bond acceptors (Lipinski definition) is 6. The molecule has 154 valence electrons. The molecule has 1 aromatic heterocycles. The lowest BCUT2D eigenvalue weighted by atomic mass is 9.53. The molecule has 3 atom stereocenters. The second-order valence-corrected chi connectivity index (χ2v) is 9.58. The fourth-order valence-electron chi connectivity index (χ4n) is 6.31. The molecule has 5 aliphatic rings. The van der Waals surface area contributed by atoms with E-state index in [9.17, 15) is 15.2 Å². The van der Waals surface area contributed by atoms with E-state index < -0.39 is 5.60 Å². The van der Waals surface area contributed by atoms with Crippen LogP contribution in [0.15, 0.2) is 12.1 Å². The van der Waals surface area contributed by atoms with E-state index in [1.807, 2.05) is 13.0 Å². The number of amides is 1. The van der Waals surface area contributed by atoms with Crippen molar-refractivity contribution in [1.29, 1.82) is 5.26 Å². The van der Waals surface area contributed by atoms with Crippen molar-refractivity contribution in [2.75, 3.05) is 18.4 Å². The highest BCUT2D eigenvalue weighted by molar-refractivity contribution is 5.68. The molecule has 4 bridgehead atoms. The number of nitrogens with zero attached hydrogens (tertiary/aromatic N) is 3. The first-order valence-corrected chi connectivity index (χ1v) is 10.7. The van der Waals surface area contributed by atoms with Crippen molar-refractivity contribution in [1.82, 2.24) is 9.88 Å². The van der Waals surface area contributed by atoms with Gasteiger partial charge in [0.2, 0.25) is 0 Å². The van der Waals surface area contributed by atoms with Crippen LogP contribution in [0.4, 0.5) is 10.6 Å². The van der Waals surface area contributed by atoms with Crippen LogP contribution in [0.2, 0.25) is 0 Å². The van der Waals surface area contributed by atoms with Gasteiger partial charge in [0.25, 0.3) is 0 Å². The first-order valence-electron chi connectivity index (χ1n) is 10.7. The molecule has 1 amide bonds. The average Bonchev–Trinajstić information content (AvgIpc) is 3.12. The van der Waals surface area contributed by atoms with Crippen molar-refractivity contribution in [3.63, 3.8) is 0 Å². The SMILES string of the molecule is Cc1ccc(C#N)c(NC2CCN(C(=O)OC3C4CC5CC3CC(O)(C5)C4)C2)n1. The van der Waals surface area contributed by atoms with Gasteiger partial charge in [-0.1, -0.05) is 0 Å². The number of anilines is 1. The van der Waals surface area contributed by atoms with Crippen molar-refractivity contribution in [2.24, 2.45) is 17.8 Å². The fourth-order valence-corrected chi connectivity index (χ4v) is 6.31. The Morgan fingerprint density at radius 1 is 1.34 bits per heavy atom. The molecule has 0 aromatic carbocycles. The molecule has 5 fully saturated rings. The molecular formula is C22H28N4O3. The molecule has 7 heteroatoms. The number of aromatic nitrogens is 1. The van der Waals surface area contributed by atoms with Gasteiger partial charge in [0, 0.05) is 24.8 Å². The summed E-state index contributed by atoms with van der Waals surface area (Å²) in [6, 6.07) is 5.82. The van der Waals surface area contributed by atoms with Crippen LogP contribution < -0.4 is 5.32 Å². The molecule has 7 nitrogen and oxygen atoms in total. The molecule has 4 aliphatic carbocycles. The lowest BCUT2D eigenvalue weighted by Crippen LogP contribution is -2.58. The number of aliphatic hydroxyl groups is 1. The minimum absolute atomic E-state index is 0.0463. The molecule has 1 aromatic rings. The van der Waals surface area contributed by atoms with E-state index in [-0.39, 0.29) is 18.2 Å². The summed E-state index contributed by atoms with van der Waals surface area (Å²) in [5.41, 5.74) is 0.855. The first-order chi connectivity index (χ1) is 13.9. The summed E-state index contributed by atoms with van der Waals surface area (Å²) in [4.78, 5) is 19.0. The van der Waals surface area contributed by atoms with Crippen molar-refractivity contribution >= 4 is 11.9 Å². The predicted molar refractivity (Wildman–Crippen MR) is 106 cm³/mol. The van der Waals surface area contributed by atoms with E-state index in [0.717, 1.165) is 44.2 Å². The molecule has 2 N–H and O–H groups in total. The summed E-state index contributed by atoms with van der Waals surface area (Å²) >= 11 is 0. The Hall–Kier alpha value is -2.33. The molecule has 6 rings (SSSR count). The number of likely N-dealkylation sites (tertiary alicyclic amines) is 1. The molecule has 1 aliphatic heterocycles. The van der Waals surface area contributed by atoms with Crippen molar-refractivity contribution < 1.29 is 14.6 Å². The van der Waals surface area contributed by atoms with Gasteiger partial charge in [-0.25, -0.2) is 9.78 Å². The third kappa shape index (κ3) is 3.44. The van der Waals surface area contributed by atoms with Crippen molar-refractivity contribution in [3.05, 3.63) is 23.4 Å². The van der Waals surface area contributed by atoms with Gasteiger partial charge in [-0.05, 0) is 75.3 Å². The Labute approximate surface area is 171 Å². The number of ether oxygens (including phenoxy) is 1. The number of hydrogen-bond donors (Lipinski definition) is 2. The largest absolute Gasteiger partial charge is 0.446 e. The molecule has 3 unspecified atom stereocenters. The first kappa shape index (κ1) is 18.7.